The molecule has 2 unspecified atom stereocenters. The minimum Gasteiger partial charge on any atom is -0.377 e. The summed E-state index contributed by atoms with van der Waals surface area (Å²) in [5.74, 6) is 0.313. The fraction of sp³-hybridized carbons (Fsp3) is 0.600. The van der Waals surface area contributed by atoms with E-state index in [-0.39, 0.29) is 17.6 Å². The number of allylic oxidation sites excluding steroid dienone is 3. The molecule has 0 amide bonds. The van der Waals surface area contributed by atoms with E-state index in [0.29, 0.717) is 5.92 Å². The van der Waals surface area contributed by atoms with Crippen LogP contribution in [0.5, 0.6) is 0 Å². The van der Waals surface area contributed by atoms with Gasteiger partial charge >= 0.3 is 8.80 Å². The van der Waals surface area contributed by atoms with Crippen LogP contribution in [0.4, 0.5) is 0 Å². The average molecular weight is 353 g/mol. The van der Waals surface area contributed by atoms with Gasteiger partial charge in [0.2, 0.25) is 0 Å². The molecule has 21 heavy (non-hydrogen) atoms. The zero-order valence-corrected chi connectivity index (χ0v) is 16.4. The summed E-state index contributed by atoms with van der Waals surface area (Å²) in [4.78, 5) is 0. The van der Waals surface area contributed by atoms with Gasteiger partial charge in [-0.05, 0) is 30.3 Å². The second-order valence-corrected chi connectivity index (χ2v) is 9.09. The summed E-state index contributed by atoms with van der Waals surface area (Å²) in [5, 5.41) is -0.0223. The lowest BCUT2D eigenvalue weighted by Crippen LogP contribution is -2.47. The second kappa shape index (κ2) is 11.6. The first-order chi connectivity index (χ1) is 9.47. The summed E-state index contributed by atoms with van der Waals surface area (Å²) in [6, 6.07) is 0.744. The Morgan fingerprint density at radius 2 is 1.43 bits per heavy atom. The third-order valence-electron chi connectivity index (χ3n) is 3.74. The average Bonchev–Trinajstić information content (AvgIpc) is 2.44. The highest BCUT2D eigenvalue weighted by atomic mass is 35.5. The lowest BCUT2D eigenvalue weighted by molar-refractivity contribution is 0.115. The molecule has 2 atom stereocenters. The SMILES string of the molecule is C=CCC(C[Si](OC)(OC)OC)C(P)(CC=C)CC=C.Cl. The first-order valence-electron chi connectivity index (χ1n) is 6.74. The van der Waals surface area contributed by atoms with Crippen LogP contribution >= 0.6 is 21.6 Å². The molecule has 0 rings (SSSR count). The molecule has 0 aliphatic carbocycles. The van der Waals surface area contributed by atoms with E-state index < -0.39 is 8.80 Å². The number of hydrogen-bond donors (Lipinski definition) is 0. The zero-order chi connectivity index (χ0) is 15.6. The molecule has 0 aromatic rings. The molecule has 0 saturated heterocycles. The van der Waals surface area contributed by atoms with Gasteiger partial charge in [-0.15, -0.1) is 41.4 Å². The van der Waals surface area contributed by atoms with Crippen molar-refractivity contribution in [3.05, 3.63) is 38.0 Å². The van der Waals surface area contributed by atoms with E-state index in [9.17, 15) is 0 Å². The predicted molar refractivity (Wildman–Crippen MR) is 99.2 cm³/mol. The molecule has 0 radical (unpaired) electrons. The maximum atomic E-state index is 5.56. The van der Waals surface area contributed by atoms with Gasteiger partial charge in [-0.1, -0.05) is 18.2 Å². The van der Waals surface area contributed by atoms with Crippen LogP contribution in [0.15, 0.2) is 38.0 Å². The normalized spacial score (nSPS) is 13.1. The Bertz CT molecular complexity index is 304. The number of halogens is 1. The second-order valence-electron chi connectivity index (χ2n) is 4.94. The van der Waals surface area contributed by atoms with Crippen molar-refractivity contribution >= 4 is 30.5 Å². The van der Waals surface area contributed by atoms with Crippen molar-refractivity contribution in [2.75, 3.05) is 21.3 Å². The summed E-state index contributed by atoms with van der Waals surface area (Å²) in [6.45, 7) is 11.6. The molecule has 0 bridgehead atoms. The summed E-state index contributed by atoms with van der Waals surface area (Å²) in [5.41, 5.74) is 0. The summed E-state index contributed by atoms with van der Waals surface area (Å²) in [6.07, 6.45) is 8.46. The highest BCUT2D eigenvalue weighted by Gasteiger charge is 2.45. The zero-order valence-electron chi connectivity index (χ0n) is 13.5. The van der Waals surface area contributed by atoms with Crippen molar-refractivity contribution in [2.24, 2.45) is 5.92 Å². The van der Waals surface area contributed by atoms with Gasteiger partial charge in [0.05, 0.1) is 0 Å². The van der Waals surface area contributed by atoms with E-state index in [1.807, 2.05) is 18.2 Å². The molecule has 0 aromatic carbocycles. The molecule has 0 aromatic heterocycles. The third-order valence-corrected chi connectivity index (χ3v) is 7.54. The molecule has 124 valence electrons. The van der Waals surface area contributed by atoms with E-state index in [1.54, 1.807) is 21.3 Å². The van der Waals surface area contributed by atoms with Crippen molar-refractivity contribution in [1.29, 1.82) is 0 Å². The molecule has 6 heteroatoms. The smallest absolute Gasteiger partial charge is 0.377 e. The standard InChI is InChI=1S/C15H29O3PSi.ClH/c1-7-10-14(13-20(16-4,17-5)18-6)15(19,11-8-2)12-9-3;/h7-9,14H,1-3,10-13,19H2,4-6H3;1H. The highest BCUT2D eigenvalue weighted by molar-refractivity contribution is 7.19. The van der Waals surface area contributed by atoms with E-state index >= 15 is 0 Å². The monoisotopic (exact) mass is 352 g/mol. The van der Waals surface area contributed by atoms with Gasteiger partial charge < -0.3 is 13.3 Å². The predicted octanol–water partition coefficient (Wildman–Crippen LogP) is 4.24. The molecule has 0 saturated carbocycles. The Hall–Kier alpha value is 0.0369. The number of hydrogen-bond acceptors (Lipinski definition) is 3. The van der Waals surface area contributed by atoms with Crippen molar-refractivity contribution in [2.45, 2.75) is 30.5 Å². The van der Waals surface area contributed by atoms with E-state index in [2.05, 4.69) is 29.0 Å². The molecule has 0 heterocycles. The van der Waals surface area contributed by atoms with E-state index in [1.165, 1.54) is 0 Å². The molecule has 0 aliphatic rings. The first-order valence-corrected chi connectivity index (χ1v) is 9.25. The topological polar surface area (TPSA) is 27.7 Å². The molecule has 0 fully saturated rings. The largest absolute Gasteiger partial charge is 0.500 e. The Kier molecular flexibility index (Phi) is 12.9. The van der Waals surface area contributed by atoms with Gasteiger partial charge in [0.25, 0.3) is 0 Å². The maximum Gasteiger partial charge on any atom is 0.500 e. The van der Waals surface area contributed by atoms with Crippen LogP contribution in [0, 0.1) is 5.92 Å². The Balaban J connectivity index is 0. The van der Waals surface area contributed by atoms with Crippen LogP contribution in [-0.2, 0) is 13.3 Å². The minimum absolute atomic E-state index is 0. The summed E-state index contributed by atoms with van der Waals surface area (Å²) >= 11 is 0. The lowest BCUT2D eigenvalue weighted by atomic mass is 9.84. The van der Waals surface area contributed by atoms with E-state index in [4.69, 9.17) is 13.3 Å². The van der Waals surface area contributed by atoms with Crippen LogP contribution in [0.3, 0.4) is 0 Å². The molecular formula is C15H30ClO3PSi. The van der Waals surface area contributed by atoms with Crippen LogP contribution < -0.4 is 0 Å². The molecule has 0 N–H and O–H groups in total. The Morgan fingerprint density at radius 1 is 1.00 bits per heavy atom. The van der Waals surface area contributed by atoms with Gasteiger partial charge in [-0.3, -0.25) is 0 Å². The van der Waals surface area contributed by atoms with Gasteiger partial charge in [-0.25, -0.2) is 0 Å². The quantitative estimate of drug-likeness (QED) is 0.298. The third kappa shape index (κ3) is 6.77. The van der Waals surface area contributed by atoms with Crippen LogP contribution in [-0.4, -0.2) is 35.3 Å². The fourth-order valence-corrected chi connectivity index (χ4v) is 5.48. The fourth-order valence-electron chi connectivity index (χ4n) is 2.48. The Labute approximate surface area is 139 Å². The van der Waals surface area contributed by atoms with Crippen LogP contribution in [0.1, 0.15) is 19.3 Å². The molecule has 0 spiro atoms. The van der Waals surface area contributed by atoms with Crippen molar-refractivity contribution < 1.29 is 13.3 Å². The summed E-state index contributed by atoms with van der Waals surface area (Å²) < 4.78 is 16.7. The van der Waals surface area contributed by atoms with Gasteiger partial charge in [0.15, 0.2) is 0 Å². The molecular weight excluding hydrogens is 323 g/mol. The van der Waals surface area contributed by atoms with Crippen molar-refractivity contribution in [3.8, 4) is 0 Å². The van der Waals surface area contributed by atoms with Gasteiger partial charge in [-0.2, -0.15) is 0 Å². The van der Waals surface area contributed by atoms with Crippen LogP contribution in [0.2, 0.25) is 6.04 Å². The van der Waals surface area contributed by atoms with Crippen molar-refractivity contribution in [3.63, 3.8) is 0 Å². The molecule has 3 nitrogen and oxygen atoms in total. The Morgan fingerprint density at radius 3 is 1.71 bits per heavy atom. The first kappa shape index (κ1) is 23.3. The highest BCUT2D eigenvalue weighted by Crippen LogP contribution is 2.42. The number of rotatable bonds is 12. The lowest BCUT2D eigenvalue weighted by Gasteiger charge is -2.39. The maximum absolute atomic E-state index is 5.56. The summed E-state index contributed by atoms with van der Waals surface area (Å²) in [7, 11) is 5.31. The molecule has 0 aliphatic heterocycles. The minimum atomic E-state index is -2.62. The van der Waals surface area contributed by atoms with Gasteiger partial charge in [0.1, 0.15) is 0 Å². The van der Waals surface area contributed by atoms with Crippen LogP contribution in [0.25, 0.3) is 0 Å². The van der Waals surface area contributed by atoms with Gasteiger partial charge in [0, 0.05) is 27.4 Å². The van der Waals surface area contributed by atoms with E-state index in [0.717, 1.165) is 25.3 Å². The van der Waals surface area contributed by atoms with Crippen molar-refractivity contribution in [1.82, 2.24) is 0 Å².